The van der Waals surface area contributed by atoms with E-state index in [1.165, 1.54) is 12.1 Å². The summed E-state index contributed by atoms with van der Waals surface area (Å²) < 4.78 is 27.9. The van der Waals surface area contributed by atoms with Crippen LogP contribution in [-0.2, 0) is 0 Å². The van der Waals surface area contributed by atoms with Gasteiger partial charge in [-0.3, -0.25) is 0 Å². The standard InChI is InChI=1S/C15H14BrF2N/c1-9-7-10(16)3-5-12(9)15(19-2)13-6-4-11(17)8-14(13)18/h3-8,15,19H,1-2H3. The Morgan fingerprint density at radius 2 is 1.74 bits per heavy atom. The summed E-state index contributed by atoms with van der Waals surface area (Å²) in [4.78, 5) is 0. The van der Waals surface area contributed by atoms with E-state index in [4.69, 9.17) is 0 Å². The average molecular weight is 326 g/mol. The number of nitrogens with one attached hydrogen (secondary N) is 1. The van der Waals surface area contributed by atoms with Crippen molar-refractivity contribution in [3.8, 4) is 0 Å². The second-order valence-corrected chi connectivity index (χ2v) is 5.30. The van der Waals surface area contributed by atoms with E-state index in [0.29, 0.717) is 5.56 Å². The lowest BCUT2D eigenvalue weighted by Crippen LogP contribution is -2.20. The van der Waals surface area contributed by atoms with Crippen LogP contribution >= 0.6 is 15.9 Å². The molecule has 0 saturated carbocycles. The predicted molar refractivity (Wildman–Crippen MR) is 76.1 cm³/mol. The van der Waals surface area contributed by atoms with Crippen molar-refractivity contribution >= 4 is 15.9 Å². The minimum atomic E-state index is -0.566. The molecule has 0 spiro atoms. The molecule has 100 valence electrons. The summed E-state index contributed by atoms with van der Waals surface area (Å²) in [6.07, 6.45) is 0. The highest BCUT2D eigenvalue weighted by atomic mass is 79.9. The molecule has 2 aromatic carbocycles. The highest BCUT2D eigenvalue weighted by Gasteiger charge is 2.18. The van der Waals surface area contributed by atoms with E-state index in [-0.39, 0.29) is 6.04 Å². The third-order valence-electron chi connectivity index (χ3n) is 3.11. The molecule has 1 unspecified atom stereocenters. The van der Waals surface area contributed by atoms with Gasteiger partial charge in [-0.1, -0.05) is 28.1 Å². The predicted octanol–water partition coefficient (Wildman–Crippen LogP) is 4.34. The molecule has 1 N–H and O–H groups in total. The quantitative estimate of drug-likeness (QED) is 0.884. The first kappa shape index (κ1) is 14.2. The van der Waals surface area contributed by atoms with Gasteiger partial charge in [0.2, 0.25) is 0 Å². The van der Waals surface area contributed by atoms with Crippen molar-refractivity contribution in [1.29, 1.82) is 0 Å². The first-order valence-corrected chi connectivity index (χ1v) is 6.70. The van der Waals surface area contributed by atoms with Gasteiger partial charge >= 0.3 is 0 Å². The van der Waals surface area contributed by atoms with E-state index in [9.17, 15) is 8.78 Å². The molecule has 1 atom stereocenters. The molecule has 0 bridgehead atoms. The maximum atomic E-state index is 13.9. The van der Waals surface area contributed by atoms with Crippen molar-refractivity contribution in [3.63, 3.8) is 0 Å². The zero-order chi connectivity index (χ0) is 14.0. The lowest BCUT2D eigenvalue weighted by Gasteiger charge is -2.20. The first-order chi connectivity index (χ1) is 9.02. The van der Waals surface area contributed by atoms with Gasteiger partial charge in [0.25, 0.3) is 0 Å². The molecule has 1 nitrogen and oxygen atoms in total. The number of hydrogen-bond donors (Lipinski definition) is 1. The average Bonchev–Trinajstić information content (AvgIpc) is 2.34. The van der Waals surface area contributed by atoms with Crippen molar-refractivity contribution in [2.75, 3.05) is 7.05 Å². The van der Waals surface area contributed by atoms with Crippen molar-refractivity contribution in [1.82, 2.24) is 5.32 Å². The lowest BCUT2D eigenvalue weighted by molar-refractivity contribution is 0.551. The molecule has 2 rings (SSSR count). The van der Waals surface area contributed by atoms with Gasteiger partial charge in [0.1, 0.15) is 11.6 Å². The zero-order valence-electron chi connectivity index (χ0n) is 10.7. The Kier molecular flexibility index (Phi) is 4.32. The summed E-state index contributed by atoms with van der Waals surface area (Å²) in [5.74, 6) is -1.11. The second-order valence-electron chi connectivity index (χ2n) is 4.39. The van der Waals surface area contributed by atoms with Crippen LogP contribution in [0.5, 0.6) is 0 Å². The summed E-state index contributed by atoms with van der Waals surface area (Å²) in [6.45, 7) is 1.96. The molecular formula is C15H14BrF2N. The van der Waals surface area contributed by atoms with E-state index in [1.54, 1.807) is 7.05 Å². The fourth-order valence-corrected chi connectivity index (χ4v) is 2.65. The Balaban J connectivity index is 2.50. The fourth-order valence-electron chi connectivity index (χ4n) is 2.18. The first-order valence-electron chi connectivity index (χ1n) is 5.91. The van der Waals surface area contributed by atoms with Crippen molar-refractivity contribution in [3.05, 3.63) is 69.2 Å². The van der Waals surface area contributed by atoms with Gasteiger partial charge in [-0.05, 0) is 43.3 Å². The van der Waals surface area contributed by atoms with Gasteiger partial charge in [-0.2, -0.15) is 0 Å². The molecule has 0 saturated heterocycles. The Hall–Kier alpha value is -1.26. The van der Waals surface area contributed by atoms with E-state index < -0.39 is 11.6 Å². The molecule has 4 heteroatoms. The summed E-state index contributed by atoms with van der Waals surface area (Å²) in [5, 5.41) is 3.08. The molecule has 0 radical (unpaired) electrons. The van der Waals surface area contributed by atoms with Crippen LogP contribution in [-0.4, -0.2) is 7.05 Å². The Morgan fingerprint density at radius 3 is 2.32 bits per heavy atom. The molecule has 0 aromatic heterocycles. The minimum absolute atomic E-state index is 0.298. The van der Waals surface area contributed by atoms with E-state index in [2.05, 4.69) is 21.2 Å². The van der Waals surface area contributed by atoms with Gasteiger partial charge in [-0.15, -0.1) is 0 Å². The molecule has 2 aromatic rings. The van der Waals surface area contributed by atoms with E-state index in [1.807, 2.05) is 25.1 Å². The molecule has 0 aliphatic carbocycles. The number of benzene rings is 2. The highest BCUT2D eigenvalue weighted by Crippen LogP contribution is 2.28. The molecule has 0 fully saturated rings. The van der Waals surface area contributed by atoms with E-state index in [0.717, 1.165) is 21.7 Å². The molecule has 0 amide bonds. The largest absolute Gasteiger partial charge is 0.309 e. The summed E-state index contributed by atoms with van der Waals surface area (Å²) >= 11 is 3.40. The molecule has 0 aliphatic rings. The van der Waals surface area contributed by atoms with E-state index >= 15 is 0 Å². The fraction of sp³-hybridized carbons (Fsp3) is 0.200. The van der Waals surface area contributed by atoms with Crippen LogP contribution < -0.4 is 5.32 Å². The summed E-state index contributed by atoms with van der Waals surface area (Å²) in [7, 11) is 1.76. The Morgan fingerprint density at radius 1 is 1.05 bits per heavy atom. The number of hydrogen-bond acceptors (Lipinski definition) is 1. The van der Waals surface area contributed by atoms with Gasteiger partial charge in [-0.25, -0.2) is 8.78 Å². The van der Waals surface area contributed by atoms with Crippen LogP contribution in [0.3, 0.4) is 0 Å². The maximum absolute atomic E-state index is 13.9. The van der Waals surface area contributed by atoms with Gasteiger partial charge in [0, 0.05) is 16.1 Å². The van der Waals surface area contributed by atoms with Crippen LogP contribution in [0.2, 0.25) is 0 Å². The third kappa shape index (κ3) is 3.01. The topological polar surface area (TPSA) is 12.0 Å². The molecular weight excluding hydrogens is 312 g/mol. The summed E-state index contributed by atoms with van der Waals surface area (Å²) in [6, 6.07) is 9.19. The van der Waals surface area contributed by atoms with Crippen molar-refractivity contribution < 1.29 is 8.78 Å². The minimum Gasteiger partial charge on any atom is -0.309 e. The lowest BCUT2D eigenvalue weighted by atomic mass is 9.95. The van der Waals surface area contributed by atoms with Crippen LogP contribution in [0.15, 0.2) is 40.9 Å². The Labute approximate surface area is 119 Å². The van der Waals surface area contributed by atoms with Crippen LogP contribution in [0.25, 0.3) is 0 Å². The van der Waals surface area contributed by atoms with Crippen LogP contribution in [0, 0.1) is 18.6 Å². The summed E-state index contributed by atoms with van der Waals surface area (Å²) in [5.41, 5.74) is 2.45. The SMILES string of the molecule is CNC(c1ccc(Br)cc1C)c1ccc(F)cc1F. The number of halogens is 3. The van der Waals surface area contributed by atoms with Crippen LogP contribution in [0.4, 0.5) is 8.78 Å². The van der Waals surface area contributed by atoms with Gasteiger partial charge in [0.15, 0.2) is 0 Å². The monoisotopic (exact) mass is 325 g/mol. The van der Waals surface area contributed by atoms with Gasteiger partial charge < -0.3 is 5.32 Å². The zero-order valence-corrected chi connectivity index (χ0v) is 12.3. The third-order valence-corrected chi connectivity index (χ3v) is 3.60. The maximum Gasteiger partial charge on any atom is 0.131 e. The number of aryl methyl sites for hydroxylation is 1. The van der Waals surface area contributed by atoms with Gasteiger partial charge in [0.05, 0.1) is 6.04 Å². The van der Waals surface area contributed by atoms with Crippen molar-refractivity contribution in [2.24, 2.45) is 0 Å². The highest BCUT2D eigenvalue weighted by molar-refractivity contribution is 9.10. The van der Waals surface area contributed by atoms with Crippen LogP contribution in [0.1, 0.15) is 22.7 Å². The van der Waals surface area contributed by atoms with Crippen molar-refractivity contribution in [2.45, 2.75) is 13.0 Å². The molecule has 19 heavy (non-hydrogen) atoms. The normalized spacial score (nSPS) is 12.5. The molecule has 0 aliphatic heterocycles. The second kappa shape index (κ2) is 5.80. The smallest absolute Gasteiger partial charge is 0.131 e. The molecule has 0 heterocycles. The number of rotatable bonds is 3. The Bertz CT molecular complexity index is 547.